The van der Waals surface area contributed by atoms with Gasteiger partial charge in [0.05, 0.1) is 13.0 Å². The quantitative estimate of drug-likeness (QED) is 0.264. The maximum absolute atomic E-state index is 13.0. The summed E-state index contributed by atoms with van der Waals surface area (Å²) < 4.78 is 2.75. The van der Waals surface area contributed by atoms with Gasteiger partial charge >= 0.3 is 18.1 Å². The molecule has 0 bridgehead atoms. The van der Waals surface area contributed by atoms with Gasteiger partial charge < -0.3 is 9.57 Å². The van der Waals surface area contributed by atoms with Crippen molar-refractivity contribution < 1.29 is 28.8 Å². The van der Waals surface area contributed by atoms with Crippen LogP contribution in [0.15, 0.2) is 43.0 Å². The Morgan fingerprint density at radius 2 is 1.97 bits per heavy atom. The molecule has 1 atom stereocenters. The molecule has 0 saturated carbocycles. The minimum atomic E-state index is -1.96. The van der Waals surface area contributed by atoms with Crippen LogP contribution < -0.4 is 5.43 Å². The second kappa shape index (κ2) is 10.6. The molecule has 1 fully saturated rings. The summed E-state index contributed by atoms with van der Waals surface area (Å²) in [4.78, 5) is 55.1. The lowest BCUT2D eigenvalue weighted by atomic mass is 10.0. The largest absolute Gasteiger partial charge is 0.447 e. The van der Waals surface area contributed by atoms with Crippen molar-refractivity contribution in [2.45, 2.75) is 22.7 Å². The van der Waals surface area contributed by atoms with E-state index < -0.39 is 40.1 Å². The Hall–Kier alpha value is -2.33. The third-order valence-corrected chi connectivity index (χ3v) is 4.19. The number of nitrogens with one attached hydrogen (secondary N) is 1. The van der Waals surface area contributed by atoms with Gasteiger partial charge in [0.15, 0.2) is 5.78 Å². The van der Waals surface area contributed by atoms with Crippen LogP contribution in [0.5, 0.6) is 0 Å². The molecule has 1 unspecified atom stereocenters. The molecule has 9 nitrogen and oxygen atoms in total. The molecular formula is C18H18Cl3N3O6. The second-order valence-electron chi connectivity index (χ2n) is 6.03. The van der Waals surface area contributed by atoms with Crippen LogP contribution in [-0.2, 0) is 14.4 Å². The maximum atomic E-state index is 13.0. The van der Waals surface area contributed by atoms with Crippen molar-refractivity contribution in [1.82, 2.24) is 15.5 Å². The lowest BCUT2D eigenvalue weighted by Crippen LogP contribution is -2.56. The highest BCUT2D eigenvalue weighted by molar-refractivity contribution is 6.68. The number of hydroxylamine groups is 1. The number of imide groups is 1. The predicted octanol–water partition coefficient (Wildman–Crippen LogP) is 3.41. The summed E-state index contributed by atoms with van der Waals surface area (Å²) in [6, 6.07) is 5.96. The first-order valence-corrected chi connectivity index (χ1v) is 9.77. The normalized spacial score (nSPS) is 14.8. The molecule has 0 aliphatic carbocycles. The van der Waals surface area contributed by atoms with Gasteiger partial charge in [-0.15, -0.1) is 6.58 Å². The van der Waals surface area contributed by atoms with Gasteiger partial charge in [-0.05, 0) is 11.6 Å². The van der Waals surface area contributed by atoms with Crippen LogP contribution in [0.4, 0.5) is 9.59 Å². The van der Waals surface area contributed by atoms with Gasteiger partial charge in [-0.1, -0.05) is 71.2 Å². The number of nitrogens with zero attached hydrogens (tertiary/aromatic N) is 2. The minimum absolute atomic E-state index is 0.0122. The molecule has 0 radical (unpaired) electrons. The van der Waals surface area contributed by atoms with Crippen LogP contribution in [0.25, 0.3) is 0 Å². The van der Waals surface area contributed by atoms with Gasteiger partial charge in [0.25, 0.3) is 0 Å². The van der Waals surface area contributed by atoms with Crippen LogP contribution in [0.2, 0.25) is 0 Å². The third kappa shape index (κ3) is 6.88. The number of hydrogen-bond donors (Lipinski definition) is 1. The Bertz CT molecular complexity index is 815. The van der Waals surface area contributed by atoms with Gasteiger partial charge in [-0.3, -0.25) is 9.59 Å². The Balaban J connectivity index is 2.28. The molecule has 30 heavy (non-hydrogen) atoms. The fourth-order valence-corrected chi connectivity index (χ4v) is 2.79. The number of halogens is 3. The summed E-state index contributed by atoms with van der Waals surface area (Å²) in [5.41, 5.74) is 2.51. The summed E-state index contributed by atoms with van der Waals surface area (Å²) in [6.45, 7) is 3.58. The molecule has 1 N–H and O–H groups in total. The smallest absolute Gasteiger partial charge is 0.418 e. The number of carbonyl (C=O) groups is 4. The van der Waals surface area contributed by atoms with Gasteiger partial charge in [0, 0.05) is 5.56 Å². The molecule has 2 rings (SSSR count). The van der Waals surface area contributed by atoms with E-state index in [9.17, 15) is 19.2 Å². The topological polar surface area (TPSA) is 105 Å². The highest BCUT2D eigenvalue weighted by Gasteiger charge is 2.36. The predicted molar refractivity (Wildman–Crippen MR) is 109 cm³/mol. The van der Waals surface area contributed by atoms with E-state index in [2.05, 4.69) is 12.0 Å². The summed E-state index contributed by atoms with van der Waals surface area (Å²) >= 11 is 16.8. The highest BCUT2D eigenvalue weighted by Crippen LogP contribution is 2.30. The number of Topliss-reactive ketones (excluding diaryl/α,β-unsaturated/α-hetero) is 1. The molecule has 1 aliphatic heterocycles. The van der Waals surface area contributed by atoms with Crippen molar-refractivity contribution in [2.75, 3.05) is 13.2 Å². The second-order valence-corrected chi connectivity index (χ2v) is 8.55. The van der Waals surface area contributed by atoms with E-state index in [1.807, 2.05) is 0 Å². The van der Waals surface area contributed by atoms with Crippen LogP contribution in [-0.4, -0.2) is 56.9 Å². The number of amides is 3. The first-order chi connectivity index (χ1) is 14.1. The molecule has 1 heterocycles. The monoisotopic (exact) mass is 477 g/mol. The van der Waals surface area contributed by atoms with E-state index in [-0.39, 0.29) is 19.6 Å². The van der Waals surface area contributed by atoms with E-state index in [1.54, 1.807) is 30.3 Å². The Morgan fingerprint density at radius 3 is 2.50 bits per heavy atom. The lowest BCUT2D eigenvalue weighted by Gasteiger charge is -2.29. The molecule has 1 saturated heterocycles. The van der Waals surface area contributed by atoms with Gasteiger partial charge in [-0.2, -0.15) is 0 Å². The van der Waals surface area contributed by atoms with Crippen LogP contribution in [0.3, 0.4) is 0 Å². The van der Waals surface area contributed by atoms with Gasteiger partial charge in [-0.25, -0.2) is 19.9 Å². The number of urea groups is 1. The number of benzene rings is 1. The number of carbonyl (C=O) groups excluding carboxylic acids is 4. The molecule has 12 heteroatoms. The summed E-state index contributed by atoms with van der Waals surface area (Å²) in [7, 11) is 0. The molecule has 3 amide bonds. The average molecular weight is 479 g/mol. The summed E-state index contributed by atoms with van der Waals surface area (Å²) in [5.74, 6) is -1.52. The zero-order chi connectivity index (χ0) is 22.3. The lowest BCUT2D eigenvalue weighted by molar-refractivity contribution is -0.209. The van der Waals surface area contributed by atoms with Crippen LogP contribution >= 0.6 is 34.8 Å². The van der Waals surface area contributed by atoms with E-state index in [4.69, 9.17) is 44.4 Å². The van der Waals surface area contributed by atoms with Gasteiger partial charge in [0.1, 0.15) is 12.6 Å². The SMILES string of the molecule is C=CCC(C(=O)c1ccccc1)N(NC(=O)N1CCOC1=O)OC(=O)CC(Cl)(Cl)Cl. The van der Waals surface area contributed by atoms with Crippen LogP contribution in [0, 0.1) is 0 Å². The zero-order valence-electron chi connectivity index (χ0n) is 15.6. The number of hydrazine groups is 1. The maximum Gasteiger partial charge on any atom is 0.418 e. The van der Waals surface area contributed by atoms with E-state index in [1.165, 1.54) is 6.08 Å². The standard InChI is InChI=1S/C18H18Cl3N3O6/c1-2-6-13(15(26)12-7-4-3-5-8-12)24(30-14(25)11-18(19,20)21)22-16(27)23-9-10-29-17(23)28/h2-5,7-8,13H,1,6,9-11H2,(H,22,27). The number of alkyl halides is 3. The van der Waals surface area contributed by atoms with Crippen molar-refractivity contribution in [1.29, 1.82) is 0 Å². The summed E-state index contributed by atoms with van der Waals surface area (Å²) in [6.07, 6.45) is -0.151. The first-order valence-electron chi connectivity index (χ1n) is 8.64. The van der Waals surface area contributed by atoms with Crippen LogP contribution in [0.1, 0.15) is 23.2 Å². The van der Waals surface area contributed by atoms with Crippen molar-refractivity contribution in [2.24, 2.45) is 0 Å². The number of rotatable bonds is 8. The number of hydrogen-bond acceptors (Lipinski definition) is 7. The number of cyclic esters (lactones) is 1. The fraction of sp³-hybridized carbons (Fsp3) is 0.333. The molecule has 1 aliphatic rings. The molecule has 0 aromatic heterocycles. The van der Waals surface area contributed by atoms with Crippen molar-refractivity contribution in [3.8, 4) is 0 Å². The van der Waals surface area contributed by atoms with Crippen molar-refractivity contribution >= 4 is 58.7 Å². The van der Waals surface area contributed by atoms with Crippen molar-refractivity contribution in [3.63, 3.8) is 0 Å². The highest BCUT2D eigenvalue weighted by atomic mass is 35.6. The molecule has 1 aromatic rings. The zero-order valence-corrected chi connectivity index (χ0v) is 17.8. The first kappa shape index (κ1) is 23.9. The number of ketones is 1. The fourth-order valence-electron chi connectivity index (χ4n) is 2.46. The molecule has 162 valence electrons. The molecule has 0 spiro atoms. The Kier molecular flexibility index (Phi) is 8.48. The molecule has 1 aromatic carbocycles. The Labute approximate surface area is 187 Å². The third-order valence-electron chi connectivity index (χ3n) is 3.79. The van der Waals surface area contributed by atoms with E-state index in [0.29, 0.717) is 10.7 Å². The minimum Gasteiger partial charge on any atom is -0.447 e. The van der Waals surface area contributed by atoms with E-state index in [0.717, 1.165) is 4.90 Å². The number of ether oxygens (including phenoxy) is 1. The molecular weight excluding hydrogens is 461 g/mol. The van der Waals surface area contributed by atoms with Crippen molar-refractivity contribution in [3.05, 3.63) is 48.6 Å². The van der Waals surface area contributed by atoms with E-state index >= 15 is 0 Å². The average Bonchev–Trinajstić information content (AvgIpc) is 3.10. The summed E-state index contributed by atoms with van der Waals surface area (Å²) in [5, 5.41) is 0.629. The van der Waals surface area contributed by atoms with Gasteiger partial charge in [0.2, 0.25) is 3.79 Å². The Morgan fingerprint density at radius 1 is 1.30 bits per heavy atom.